The lowest BCUT2D eigenvalue weighted by Crippen LogP contribution is -2.40. The predicted molar refractivity (Wildman–Crippen MR) is 113 cm³/mol. The van der Waals surface area contributed by atoms with Gasteiger partial charge in [0.1, 0.15) is 0 Å². The third kappa shape index (κ3) is 6.13. The summed E-state index contributed by atoms with van der Waals surface area (Å²) in [6.07, 6.45) is 1.89. The van der Waals surface area contributed by atoms with Gasteiger partial charge in [-0.25, -0.2) is 8.42 Å². The lowest BCUT2D eigenvalue weighted by molar-refractivity contribution is 0.586. The highest BCUT2D eigenvalue weighted by molar-refractivity contribution is 14.0. The standard InChI is InChI=1S/C18H27N3O2S.HI/c1-13-10-17(13)21-18(19-11-15-8-9-24(22,23)12-15)20-14(2)16-6-4-3-5-7-16;/h3-7,13-15,17H,8-12H2,1-2H3,(H2,19,20,21);1H. The van der Waals surface area contributed by atoms with Crippen molar-refractivity contribution in [3.05, 3.63) is 35.9 Å². The molecule has 0 amide bonds. The molecule has 3 rings (SSSR count). The first-order valence-electron chi connectivity index (χ1n) is 8.76. The number of sulfone groups is 1. The summed E-state index contributed by atoms with van der Waals surface area (Å²) in [5.41, 5.74) is 1.21. The molecule has 2 N–H and O–H groups in total. The van der Waals surface area contributed by atoms with E-state index in [0.29, 0.717) is 24.3 Å². The third-order valence-electron chi connectivity index (χ3n) is 4.92. The summed E-state index contributed by atoms with van der Waals surface area (Å²) in [6, 6.07) is 10.9. The van der Waals surface area contributed by atoms with Crippen molar-refractivity contribution < 1.29 is 8.42 Å². The monoisotopic (exact) mass is 477 g/mol. The van der Waals surface area contributed by atoms with Crippen LogP contribution >= 0.6 is 24.0 Å². The molecule has 5 nitrogen and oxygen atoms in total. The van der Waals surface area contributed by atoms with Crippen LogP contribution in [0.4, 0.5) is 0 Å². The number of hydrogen-bond donors (Lipinski definition) is 2. The summed E-state index contributed by atoms with van der Waals surface area (Å²) in [5.74, 6) is 2.21. The number of rotatable bonds is 5. The normalized spacial score (nSPS) is 28.7. The molecular weight excluding hydrogens is 449 g/mol. The van der Waals surface area contributed by atoms with Gasteiger partial charge < -0.3 is 10.6 Å². The number of nitrogens with zero attached hydrogens (tertiary/aromatic N) is 1. The highest BCUT2D eigenvalue weighted by Crippen LogP contribution is 2.29. The zero-order valence-corrected chi connectivity index (χ0v) is 18.0. The van der Waals surface area contributed by atoms with Crippen LogP contribution < -0.4 is 10.6 Å². The Morgan fingerprint density at radius 1 is 1.32 bits per heavy atom. The molecule has 0 bridgehead atoms. The first-order chi connectivity index (χ1) is 11.4. The Labute approximate surface area is 168 Å². The largest absolute Gasteiger partial charge is 0.353 e. The molecule has 1 heterocycles. The maximum Gasteiger partial charge on any atom is 0.191 e. The Bertz CT molecular complexity index is 694. The second kappa shape index (κ2) is 8.70. The maximum atomic E-state index is 11.6. The van der Waals surface area contributed by atoms with E-state index in [4.69, 9.17) is 0 Å². The summed E-state index contributed by atoms with van der Waals surface area (Å²) in [6.45, 7) is 4.90. The summed E-state index contributed by atoms with van der Waals surface area (Å²) in [7, 11) is -2.84. The van der Waals surface area contributed by atoms with Crippen LogP contribution in [0.1, 0.15) is 38.3 Å². The van der Waals surface area contributed by atoms with E-state index in [1.54, 1.807) is 0 Å². The molecule has 4 unspecified atom stereocenters. The van der Waals surface area contributed by atoms with Crippen molar-refractivity contribution in [1.82, 2.24) is 10.6 Å². The van der Waals surface area contributed by atoms with E-state index in [2.05, 4.69) is 41.6 Å². The van der Waals surface area contributed by atoms with Crippen molar-refractivity contribution in [2.45, 2.75) is 38.8 Å². The molecule has 1 saturated heterocycles. The van der Waals surface area contributed by atoms with Gasteiger partial charge in [-0.2, -0.15) is 0 Å². The van der Waals surface area contributed by atoms with E-state index in [1.807, 2.05) is 18.2 Å². The van der Waals surface area contributed by atoms with E-state index < -0.39 is 9.84 Å². The van der Waals surface area contributed by atoms with Gasteiger partial charge >= 0.3 is 0 Å². The lowest BCUT2D eigenvalue weighted by Gasteiger charge is -2.19. The Morgan fingerprint density at radius 2 is 2.00 bits per heavy atom. The lowest BCUT2D eigenvalue weighted by atomic mass is 10.1. The van der Waals surface area contributed by atoms with Gasteiger partial charge in [0.05, 0.1) is 17.5 Å². The fraction of sp³-hybridized carbons (Fsp3) is 0.611. The van der Waals surface area contributed by atoms with Gasteiger partial charge in [0.2, 0.25) is 0 Å². The number of aliphatic imine (C=N–C) groups is 1. The summed E-state index contributed by atoms with van der Waals surface area (Å²) >= 11 is 0. The van der Waals surface area contributed by atoms with Crippen LogP contribution in [-0.2, 0) is 9.84 Å². The second-order valence-electron chi connectivity index (χ2n) is 7.20. The van der Waals surface area contributed by atoms with Gasteiger partial charge in [-0.15, -0.1) is 24.0 Å². The Hall–Kier alpha value is -0.830. The minimum atomic E-state index is -2.84. The molecule has 0 aromatic heterocycles. The molecular formula is C18H28IN3O2S. The number of benzene rings is 1. The maximum absolute atomic E-state index is 11.6. The Morgan fingerprint density at radius 3 is 2.56 bits per heavy atom. The molecule has 1 aliphatic carbocycles. The molecule has 25 heavy (non-hydrogen) atoms. The van der Waals surface area contributed by atoms with Gasteiger partial charge in [-0.3, -0.25) is 4.99 Å². The second-order valence-corrected chi connectivity index (χ2v) is 9.43. The van der Waals surface area contributed by atoms with Crippen molar-refractivity contribution in [2.75, 3.05) is 18.1 Å². The predicted octanol–water partition coefficient (Wildman–Crippen LogP) is 2.74. The SMILES string of the molecule is CC(NC(=NCC1CCS(=O)(=O)C1)NC1CC1C)c1ccccc1.I. The van der Waals surface area contributed by atoms with Crippen molar-refractivity contribution in [3.8, 4) is 0 Å². The van der Waals surface area contributed by atoms with Gasteiger partial charge in [0, 0.05) is 12.6 Å². The van der Waals surface area contributed by atoms with Crippen LogP contribution in [0.25, 0.3) is 0 Å². The minimum Gasteiger partial charge on any atom is -0.353 e. The number of nitrogens with one attached hydrogen (secondary N) is 2. The summed E-state index contributed by atoms with van der Waals surface area (Å²) in [4.78, 5) is 4.68. The third-order valence-corrected chi connectivity index (χ3v) is 6.76. The van der Waals surface area contributed by atoms with Crippen LogP contribution in [0.3, 0.4) is 0 Å². The van der Waals surface area contributed by atoms with Gasteiger partial charge in [-0.05, 0) is 37.2 Å². The van der Waals surface area contributed by atoms with E-state index >= 15 is 0 Å². The molecule has 1 aliphatic heterocycles. The molecule has 0 spiro atoms. The summed E-state index contributed by atoms with van der Waals surface area (Å²) < 4.78 is 23.2. The van der Waals surface area contributed by atoms with E-state index in [1.165, 1.54) is 5.56 Å². The quantitative estimate of drug-likeness (QED) is 0.389. The number of guanidine groups is 1. The fourth-order valence-corrected chi connectivity index (χ4v) is 4.95. The van der Waals surface area contributed by atoms with Crippen molar-refractivity contribution in [2.24, 2.45) is 16.8 Å². The first-order valence-corrected chi connectivity index (χ1v) is 10.6. The van der Waals surface area contributed by atoms with E-state index in [-0.39, 0.29) is 41.7 Å². The average Bonchev–Trinajstić information content (AvgIpc) is 3.12. The van der Waals surface area contributed by atoms with Crippen molar-refractivity contribution in [1.29, 1.82) is 0 Å². The highest BCUT2D eigenvalue weighted by Gasteiger charge is 2.34. The summed E-state index contributed by atoms with van der Waals surface area (Å²) in [5, 5.41) is 6.93. The van der Waals surface area contributed by atoms with Crippen LogP contribution in [0, 0.1) is 11.8 Å². The molecule has 1 aromatic rings. The van der Waals surface area contributed by atoms with Gasteiger partial charge in [0.15, 0.2) is 15.8 Å². The highest BCUT2D eigenvalue weighted by atomic mass is 127. The van der Waals surface area contributed by atoms with Crippen LogP contribution in [0.2, 0.25) is 0 Å². The molecule has 1 aromatic carbocycles. The zero-order valence-electron chi connectivity index (χ0n) is 14.8. The topological polar surface area (TPSA) is 70.6 Å². The van der Waals surface area contributed by atoms with Crippen molar-refractivity contribution in [3.63, 3.8) is 0 Å². The zero-order chi connectivity index (χ0) is 17.2. The number of halogens is 1. The molecule has 7 heteroatoms. The molecule has 4 atom stereocenters. The van der Waals surface area contributed by atoms with E-state index in [9.17, 15) is 8.42 Å². The van der Waals surface area contributed by atoms with Crippen LogP contribution in [0.5, 0.6) is 0 Å². The van der Waals surface area contributed by atoms with Crippen LogP contribution in [-0.4, -0.2) is 38.5 Å². The molecule has 2 fully saturated rings. The smallest absolute Gasteiger partial charge is 0.191 e. The fourth-order valence-electron chi connectivity index (χ4n) is 3.10. The van der Waals surface area contributed by atoms with Gasteiger partial charge in [0.25, 0.3) is 0 Å². The molecule has 0 radical (unpaired) electrons. The minimum absolute atomic E-state index is 0. The Balaban J connectivity index is 0.00000225. The number of hydrogen-bond acceptors (Lipinski definition) is 3. The van der Waals surface area contributed by atoms with Gasteiger partial charge in [-0.1, -0.05) is 37.3 Å². The molecule has 1 saturated carbocycles. The van der Waals surface area contributed by atoms with Crippen LogP contribution in [0.15, 0.2) is 35.3 Å². The molecule has 140 valence electrons. The Kier molecular flexibility index (Phi) is 7.13. The first kappa shape index (κ1) is 20.5. The average molecular weight is 477 g/mol. The molecule has 2 aliphatic rings. The van der Waals surface area contributed by atoms with E-state index in [0.717, 1.165) is 18.8 Å². The van der Waals surface area contributed by atoms with Crippen molar-refractivity contribution >= 4 is 39.8 Å².